The summed E-state index contributed by atoms with van der Waals surface area (Å²) in [6, 6.07) is 8.58. The highest BCUT2D eigenvalue weighted by molar-refractivity contribution is 6.25. The van der Waals surface area contributed by atoms with Gasteiger partial charge in [0.25, 0.3) is 23.6 Å². The summed E-state index contributed by atoms with van der Waals surface area (Å²) >= 11 is 0. The number of carbonyl (C=O) groups excluding carboxylic acids is 5. The van der Waals surface area contributed by atoms with Crippen LogP contribution in [0, 0.1) is 0 Å². The lowest BCUT2D eigenvalue weighted by atomic mass is 9.96. The number of nitrogens with one attached hydrogen (secondary N) is 1. The van der Waals surface area contributed by atoms with Gasteiger partial charge in [-0.2, -0.15) is 0 Å². The van der Waals surface area contributed by atoms with Crippen LogP contribution in [0.25, 0.3) is 0 Å². The lowest BCUT2D eigenvalue weighted by molar-refractivity contribution is 0.0706. The van der Waals surface area contributed by atoms with E-state index in [2.05, 4.69) is 5.32 Å². The molecule has 2 aliphatic heterocycles. The summed E-state index contributed by atoms with van der Waals surface area (Å²) in [5.74, 6) is -2.42. The van der Waals surface area contributed by atoms with Crippen molar-refractivity contribution in [2.75, 3.05) is 0 Å². The summed E-state index contributed by atoms with van der Waals surface area (Å²) in [6.45, 7) is 5.41. The number of nitrogens with zero attached hydrogens (tertiary/aromatic N) is 1. The summed E-state index contributed by atoms with van der Waals surface area (Å²) < 4.78 is 0. The topological polar surface area (TPSA) is 101 Å². The quantitative estimate of drug-likeness (QED) is 0.470. The minimum absolute atomic E-state index is 0.133. The van der Waals surface area contributed by atoms with Crippen molar-refractivity contribution in [2.45, 2.75) is 20.8 Å². The van der Waals surface area contributed by atoms with E-state index in [9.17, 15) is 24.0 Å². The lowest BCUT2D eigenvalue weighted by Gasteiger charge is -2.16. The fourth-order valence-electron chi connectivity index (χ4n) is 3.70. The van der Waals surface area contributed by atoms with Gasteiger partial charge in [0.15, 0.2) is 5.78 Å². The fourth-order valence-corrected chi connectivity index (χ4v) is 3.70. The zero-order valence-corrected chi connectivity index (χ0v) is 17.1. The zero-order chi connectivity index (χ0) is 22.4. The SMILES string of the molecule is C/C=C\C(=C(C)C)N1C(=O)c2ccc(C(=O)c3ccc4c(c3)C(=O)NC4=O)cc2C1=O. The third-order valence-corrected chi connectivity index (χ3v) is 5.22. The van der Waals surface area contributed by atoms with Crippen molar-refractivity contribution in [3.8, 4) is 0 Å². The molecule has 7 heteroatoms. The first kappa shape index (κ1) is 20.2. The van der Waals surface area contributed by atoms with E-state index in [-0.39, 0.29) is 33.4 Å². The molecular formula is C24H18N2O5. The monoisotopic (exact) mass is 414 g/mol. The van der Waals surface area contributed by atoms with Gasteiger partial charge >= 0.3 is 0 Å². The van der Waals surface area contributed by atoms with E-state index in [1.807, 2.05) is 13.8 Å². The zero-order valence-electron chi connectivity index (χ0n) is 17.1. The van der Waals surface area contributed by atoms with Crippen LogP contribution in [0.5, 0.6) is 0 Å². The van der Waals surface area contributed by atoms with Crippen molar-refractivity contribution in [3.05, 3.63) is 93.2 Å². The van der Waals surface area contributed by atoms with Gasteiger partial charge in [0.2, 0.25) is 0 Å². The van der Waals surface area contributed by atoms with Gasteiger partial charge in [-0.1, -0.05) is 23.8 Å². The molecule has 4 amide bonds. The summed E-state index contributed by atoms with van der Waals surface area (Å²) in [6.07, 6.45) is 3.44. The second-order valence-corrected chi connectivity index (χ2v) is 7.46. The smallest absolute Gasteiger partial charge is 0.266 e. The number of imide groups is 2. The van der Waals surface area contributed by atoms with E-state index in [1.165, 1.54) is 36.4 Å². The Bertz CT molecular complexity index is 1280. The maximum atomic E-state index is 13.0. The van der Waals surface area contributed by atoms with E-state index < -0.39 is 29.4 Å². The lowest BCUT2D eigenvalue weighted by Crippen LogP contribution is -2.28. The van der Waals surface area contributed by atoms with Crippen LogP contribution in [0.1, 0.15) is 78.1 Å². The number of ketones is 1. The first-order valence-corrected chi connectivity index (χ1v) is 9.62. The molecule has 0 saturated heterocycles. The minimum atomic E-state index is -0.557. The number of benzene rings is 2. The first-order valence-electron chi connectivity index (χ1n) is 9.62. The highest BCUT2D eigenvalue weighted by atomic mass is 16.2. The molecule has 0 fully saturated rings. The molecule has 154 valence electrons. The Morgan fingerprint density at radius 2 is 1.35 bits per heavy atom. The summed E-state index contributed by atoms with van der Waals surface area (Å²) in [5.41, 5.74) is 2.43. The predicted octanol–water partition coefficient (Wildman–Crippen LogP) is 3.27. The number of hydrogen-bond donors (Lipinski definition) is 1. The van der Waals surface area contributed by atoms with E-state index in [0.717, 1.165) is 10.5 Å². The Balaban J connectivity index is 1.72. The Morgan fingerprint density at radius 1 is 0.806 bits per heavy atom. The Labute approximate surface area is 178 Å². The molecule has 0 unspecified atom stereocenters. The van der Waals surface area contributed by atoms with Crippen LogP contribution in [-0.4, -0.2) is 34.3 Å². The number of amides is 4. The van der Waals surface area contributed by atoms with Gasteiger partial charge in [-0.3, -0.25) is 29.3 Å². The second kappa shape index (κ2) is 7.28. The van der Waals surface area contributed by atoms with Crippen LogP contribution >= 0.6 is 0 Å². The molecule has 0 saturated carbocycles. The Kier molecular flexibility index (Phi) is 4.74. The molecule has 0 aliphatic carbocycles. The largest absolute Gasteiger partial charge is 0.289 e. The maximum absolute atomic E-state index is 13.0. The van der Waals surface area contributed by atoms with Gasteiger partial charge in [0, 0.05) is 11.1 Å². The molecule has 1 N–H and O–H groups in total. The summed E-state index contributed by atoms with van der Waals surface area (Å²) in [7, 11) is 0. The van der Waals surface area contributed by atoms with Gasteiger partial charge in [0.05, 0.1) is 28.0 Å². The van der Waals surface area contributed by atoms with Gasteiger partial charge in [-0.15, -0.1) is 0 Å². The second-order valence-electron chi connectivity index (χ2n) is 7.46. The van der Waals surface area contributed by atoms with Crippen LogP contribution < -0.4 is 5.32 Å². The molecule has 0 spiro atoms. The van der Waals surface area contributed by atoms with E-state index in [1.54, 1.807) is 19.1 Å². The average Bonchev–Trinajstić information content (AvgIpc) is 3.17. The van der Waals surface area contributed by atoms with E-state index >= 15 is 0 Å². The molecular weight excluding hydrogens is 396 g/mol. The molecule has 31 heavy (non-hydrogen) atoms. The third-order valence-electron chi connectivity index (χ3n) is 5.22. The number of hydrogen-bond acceptors (Lipinski definition) is 5. The number of allylic oxidation sites excluding steroid dienone is 3. The van der Waals surface area contributed by atoms with Gasteiger partial charge in [-0.25, -0.2) is 4.90 Å². The van der Waals surface area contributed by atoms with Crippen molar-refractivity contribution < 1.29 is 24.0 Å². The highest BCUT2D eigenvalue weighted by Crippen LogP contribution is 2.30. The fraction of sp³-hybridized carbons (Fsp3) is 0.125. The molecule has 2 aromatic carbocycles. The van der Waals surface area contributed by atoms with Crippen LogP contribution in [0.2, 0.25) is 0 Å². The van der Waals surface area contributed by atoms with Crippen LogP contribution in [0.15, 0.2) is 59.8 Å². The average molecular weight is 414 g/mol. The van der Waals surface area contributed by atoms with Crippen molar-refractivity contribution >= 4 is 29.4 Å². The maximum Gasteiger partial charge on any atom is 0.266 e. The third kappa shape index (κ3) is 3.11. The van der Waals surface area contributed by atoms with Crippen LogP contribution in [0.4, 0.5) is 0 Å². The van der Waals surface area contributed by atoms with Gasteiger partial charge < -0.3 is 0 Å². The molecule has 7 nitrogen and oxygen atoms in total. The van der Waals surface area contributed by atoms with Crippen molar-refractivity contribution in [2.24, 2.45) is 0 Å². The molecule has 0 aromatic heterocycles. The molecule has 4 rings (SSSR count). The summed E-state index contributed by atoms with van der Waals surface area (Å²) in [5, 5.41) is 2.18. The number of rotatable bonds is 4. The Morgan fingerprint density at radius 3 is 1.97 bits per heavy atom. The highest BCUT2D eigenvalue weighted by Gasteiger charge is 2.38. The molecule has 0 atom stereocenters. The molecule has 2 aliphatic rings. The summed E-state index contributed by atoms with van der Waals surface area (Å²) in [4.78, 5) is 63.6. The number of fused-ring (bicyclic) bond motifs is 2. The normalized spacial score (nSPS) is 14.7. The van der Waals surface area contributed by atoms with E-state index in [0.29, 0.717) is 5.70 Å². The van der Waals surface area contributed by atoms with Crippen LogP contribution in [-0.2, 0) is 0 Å². The van der Waals surface area contributed by atoms with Gasteiger partial charge in [0.1, 0.15) is 0 Å². The first-order chi connectivity index (χ1) is 14.7. The van der Waals surface area contributed by atoms with E-state index in [4.69, 9.17) is 0 Å². The standard InChI is InChI=1S/C24H18N2O5/c1-4-5-19(12(2)3)26-23(30)16-9-7-14(11-18(16)24(26)31)20(27)13-6-8-15-17(10-13)22(29)25-21(15)28/h4-11H,1-3H3,(H,25,28,29)/b5-4-. The number of carbonyl (C=O) groups is 5. The van der Waals surface area contributed by atoms with Crippen molar-refractivity contribution in [1.29, 1.82) is 0 Å². The Hall–Kier alpha value is -4.13. The van der Waals surface area contributed by atoms with Crippen molar-refractivity contribution in [1.82, 2.24) is 10.2 Å². The van der Waals surface area contributed by atoms with Crippen LogP contribution in [0.3, 0.4) is 0 Å². The van der Waals surface area contributed by atoms with Gasteiger partial charge in [-0.05, 0) is 51.1 Å². The minimum Gasteiger partial charge on any atom is -0.289 e. The molecule has 2 heterocycles. The molecule has 2 aromatic rings. The molecule has 0 bridgehead atoms. The molecule has 0 radical (unpaired) electrons. The predicted molar refractivity (Wildman–Crippen MR) is 112 cm³/mol. The van der Waals surface area contributed by atoms with Crippen molar-refractivity contribution in [3.63, 3.8) is 0 Å².